The Morgan fingerprint density at radius 2 is 1.88 bits per heavy atom. The normalized spacial score (nSPS) is 16.3. The van der Waals surface area contributed by atoms with Crippen LogP contribution in [0.5, 0.6) is 0 Å². The number of halogens is 1. The van der Waals surface area contributed by atoms with E-state index in [-0.39, 0.29) is 11.3 Å². The summed E-state index contributed by atoms with van der Waals surface area (Å²) in [5, 5.41) is 14.7. The topological polar surface area (TPSA) is 113 Å². The highest BCUT2D eigenvalue weighted by Crippen LogP contribution is 2.28. The number of anilines is 2. The number of hydrogen-bond acceptors (Lipinski definition) is 5. The third kappa shape index (κ3) is 3.97. The number of rotatable bonds is 5. The van der Waals surface area contributed by atoms with Crippen LogP contribution in [0, 0.1) is 0 Å². The minimum Gasteiger partial charge on any atom is -0.478 e. The van der Waals surface area contributed by atoms with Gasteiger partial charge in [0.2, 0.25) is 5.91 Å². The van der Waals surface area contributed by atoms with Crippen LogP contribution < -0.4 is 10.6 Å². The van der Waals surface area contributed by atoms with Crippen LogP contribution in [-0.4, -0.2) is 37.2 Å². The van der Waals surface area contributed by atoms with Crippen molar-refractivity contribution in [2.75, 3.05) is 16.4 Å². The maximum absolute atomic E-state index is 12.5. The molecule has 0 saturated carbocycles. The first kappa shape index (κ1) is 18.2. The molecule has 7 nitrogen and oxygen atoms in total. The number of hydrogen-bond donors (Lipinski definition) is 3. The highest BCUT2D eigenvalue weighted by Gasteiger charge is 2.30. The first-order valence-electron chi connectivity index (χ1n) is 7.64. The number of carbonyl (C=O) groups excluding carboxylic acids is 1. The van der Waals surface area contributed by atoms with E-state index in [0.29, 0.717) is 22.0 Å². The molecular weight excluding hydrogens is 380 g/mol. The average Bonchev–Trinajstić information content (AvgIpc) is 2.56. The molecule has 1 atom stereocenters. The van der Waals surface area contributed by atoms with Crippen molar-refractivity contribution in [1.29, 1.82) is 0 Å². The Hall–Kier alpha value is -2.58. The van der Waals surface area contributed by atoms with E-state index in [9.17, 15) is 18.0 Å². The molecule has 9 heteroatoms. The van der Waals surface area contributed by atoms with Gasteiger partial charge in [0.25, 0.3) is 0 Å². The predicted octanol–water partition coefficient (Wildman–Crippen LogP) is 2.39. The molecule has 0 aromatic heterocycles. The molecule has 3 rings (SSSR count). The van der Waals surface area contributed by atoms with Gasteiger partial charge in [-0.2, -0.15) is 0 Å². The van der Waals surface area contributed by atoms with Gasteiger partial charge in [-0.25, -0.2) is 13.2 Å². The van der Waals surface area contributed by atoms with Gasteiger partial charge in [-0.3, -0.25) is 4.79 Å². The predicted molar refractivity (Wildman–Crippen MR) is 98.4 cm³/mol. The summed E-state index contributed by atoms with van der Waals surface area (Å²) >= 11 is 6.00. The van der Waals surface area contributed by atoms with E-state index < -0.39 is 33.5 Å². The SMILES string of the molecule is O=C(O)c1ccc2c(c1)NC(=O)C(CS(=O)(=O)Cc1ccccc1Cl)N2. The summed E-state index contributed by atoms with van der Waals surface area (Å²) in [5.41, 5.74) is 1.26. The van der Waals surface area contributed by atoms with Crippen molar-refractivity contribution >= 4 is 44.7 Å². The van der Waals surface area contributed by atoms with E-state index in [1.165, 1.54) is 18.2 Å². The van der Waals surface area contributed by atoms with Crippen molar-refractivity contribution in [3.63, 3.8) is 0 Å². The van der Waals surface area contributed by atoms with E-state index in [1.54, 1.807) is 24.3 Å². The minimum atomic E-state index is -3.62. The van der Waals surface area contributed by atoms with E-state index in [2.05, 4.69) is 10.6 Å². The maximum Gasteiger partial charge on any atom is 0.335 e. The van der Waals surface area contributed by atoms with Crippen molar-refractivity contribution in [2.24, 2.45) is 0 Å². The number of aromatic carboxylic acids is 1. The van der Waals surface area contributed by atoms with Crippen LogP contribution in [0.15, 0.2) is 42.5 Å². The van der Waals surface area contributed by atoms with Crippen LogP contribution in [-0.2, 0) is 20.4 Å². The standard InChI is InChI=1S/C17H15ClN2O5S/c18-12-4-2-1-3-11(12)8-26(24,25)9-15-16(21)20-14-7-10(17(22)23)5-6-13(14)19-15/h1-7,15,19H,8-9H2,(H,20,21)(H,22,23). The Morgan fingerprint density at radius 1 is 1.15 bits per heavy atom. The summed E-state index contributed by atoms with van der Waals surface area (Å²) in [7, 11) is -3.62. The molecule has 1 unspecified atom stereocenters. The van der Waals surface area contributed by atoms with Gasteiger partial charge >= 0.3 is 5.97 Å². The third-order valence-electron chi connectivity index (χ3n) is 3.92. The Balaban J connectivity index is 1.77. The summed E-state index contributed by atoms with van der Waals surface area (Å²) < 4.78 is 24.9. The average molecular weight is 395 g/mol. The Labute approximate surface area is 154 Å². The number of carboxylic acid groups (broad SMARTS) is 1. The molecule has 0 saturated heterocycles. The molecule has 2 aromatic rings. The molecule has 1 amide bonds. The second kappa shape index (κ2) is 6.97. The lowest BCUT2D eigenvalue weighted by molar-refractivity contribution is -0.116. The highest BCUT2D eigenvalue weighted by atomic mass is 35.5. The second-order valence-electron chi connectivity index (χ2n) is 5.90. The fraction of sp³-hybridized carbons (Fsp3) is 0.176. The zero-order valence-electron chi connectivity index (χ0n) is 13.4. The zero-order valence-corrected chi connectivity index (χ0v) is 15.0. The Morgan fingerprint density at radius 3 is 2.58 bits per heavy atom. The molecule has 1 aliphatic rings. The molecule has 26 heavy (non-hydrogen) atoms. The summed E-state index contributed by atoms with van der Waals surface area (Å²) in [6, 6.07) is 9.83. The second-order valence-corrected chi connectivity index (χ2v) is 8.41. The van der Waals surface area contributed by atoms with Gasteiger partial charge in [-0.05, 0) is 29.8 Å². The fourth-order valence-electron chi connectivity index (χ4n) is 2.66. The summed E-state index contributed by atoms with van der Waals surface area (Å²) in [6.07, 6.45) is 0. The van der Waals surface area contributed by atoms with E-state index >= 15 is 0 Å². The van der Waals surface area contributed by atoms with E-state index in [1.807, 2.05) is 0 Å². The lowest BCUT2D eigenvalue weighted by Crippen LogP contribution is -2.43. The van der Waals surface area contributed by atoms with E-state index in [4.69, 9.17) is 16.7 Å². The van der Waals surface area contributed by atoms with Crippen LogP contribution in [0.2, 0.25) is 5.02 Å². The number of nitrogens with one attached hydrogen (secondary N) is 2. The van der Waals surface area contributed by atoms with Gasteiger partial charge in [0.1, 0.15) is 6.04 Å². The number of carbonyl (C=O) groups is 2. The summed E-state index contributed by atoms with van der Waals surface area (Å²) in [6.45, 7) is 0. The molecule has 0 aliphatic carbocycles. The number of benzene rings is 2. The van der Waals surface area contributed by atoms with Gasteiger partial charge in [0.05, 0.1) is 28.4 Å². The van der Waals surface area contributed by atoms with Crippen molar-refractivity contribution in [3.05, 3.63) is 58.6 Å². The van der Waals surface area contributed by atoms with Gasteiger partial charge in [-0.1, -0.05) is 29.8 Å². The van der Waals surface area contributed by atoms with Gasteiger partial charge in [0.15, 0.2) is 9.84 Å². The lowest BCUT2D eigenvalue weighted by Gasteiger charge is -2.27. The number of amides is 1. The molecule has 0 radical (unpaired) electrons. The number of fused-ring (bicyclic) bond motifs is 1. The molecule has 136 valence electrons. The van der Waals surface area contributed by atoms with Gasteiger partial charge < -0.3 is 15.7 Å². The molecule has 2 aromatic carbocycles. The van der Waals surface area contributed by atoms with Crippen LogP contribution in [0.1, 0.15) is 15.9 Å². The van der Waals surface area contributed by atoms with Crippen molar-refractivity contribution < 1.29 is 23.1 Å². The molecular formula is C17H15ClN2O5S. The molecule has 0 bridgehead atoms. The molecule has 0 fully saturated rings. The smallest absolute Gasteiger partial charge is 0.335 e. The number of sulfone groups is 1. The first-order chi connectivity index (χ1) is 12.2. The molecule has 3 N–H and O–H groups in total. The number of carboxylic acids is 1. The van der Waals surface area contributed by atoms with E-state index in [0.717, 1.165) is 0 Å². The van der Waals surface area contributed by atoms with Gasteiger partial charge in [-0.15, -0.1) is 0 Å². The fourth-order valence-corrected chi connectivity index (χ4v) is 4.53. The van der Waals surface area contributed by atoms with Crippen LogP contribution in [0.25, 0.3) is 0 Å². The maximum atomic E-state index is 12.5. The quantitative estimate of drug-likeness (QED) is 0.717. The summed E-state index contributed by atoms with van der Waals surface area (Å²) in [5.74, 6) is -2.35. The van der Waals surface area contributed by atoms with Gasteiger partial charge in [0, 0.05) is 5.02 Å². The van der Waals surface area contributed by atoms with Crippen LogP contribution in [0.4, 0.5) is 11.4 Å². The highest BCUT2D eigenvalue weighted by molar-refractivity contribution is 7.90. The van der Waals surface area contributed by atoms with Crippen molar-refractivity contribution in [2.45, 2.75) is 11.8 Å². The van der Waals surface area contributed by atoms with Crippen molar-refractivity contribution in [1.82, 2.24) is 0 Å². The zero-order chi connectivity index (χ0) is 18.9. The van der Waals surface area contributed by atoms with Crippen molar-refractivity contribution in [3.8, 4) is 0 Å². The monoisotopic (exact) mass is 394 g/mol. The molecule has 0 spiro atoms. The minimum absolute atomic E-state index is 0.0237. The van der Waals surface area contributed by atoms with Crippen LogP contribution >= 0.6 is 11.6 Å². The Kier molecular flexibility index (Phi) is 4.88. The van der Waals surface area contributed by atoms with Crippen LogP contribution in [0.3, 0.4) is 0 Å². The largest absolute Gasteiger partial charge is 0.478 e. The first-order valence-corrected chi connectivity index (χ1v) is 9.84. The third-order valence-corrected chi connectivity index (χ3v) is 5.89. The summed E-state index contributed by atoms with van der Waals surface area (Å²) in [4.78, 5) is 23.2. The molecule has 1 heterocycles. The Bertz CT molecular complexity index is 990. The molecule has 1 aliphatic heterocycles. The lowest BCUT2D eigenvalue weighted by atomic mass is 10.1.